The largest absolute Gasteiger partial charge is 0.497 e. The van der Waals surface area contributed by atoms with E-state index in [-0.39, 0.29) is 0 Å². The van der Waals surface area contributed by atoms with Gasteiger partial charge < -0.3 is 9.47 Å². The Morgan fingerprint density at radius 1 is 1.00 bits per heavy atom. The predicted molar refractivity (Wildman–Crippen MR) is 66.2 cm³/mol. The number of hydrogen-bond donors (Lipinski definition) is 0. The average Bonchev–Trinajstić information content (AvgIpc) is 2.39. The summed E-state index contributed by atoms with van der Waals surface area (Å²) >= 11 is 0. The van der Waals surface area contributed by atoms with Gasteiger partial charge in [0, 0.05) is 11.6 Å². The Labute approximate surface area is 96.0 Å². The summed E-state index contributed by atoms with van der Waals surface area (Å²) in [6.07, 6.45) is 1.72. The van der Waals surface area contributed by atoms with E-state index in [1.807, 2.05) is 38.1 Å². The van der Waals surface area contributed by atoms with Crippen LogP contribution in [0.25, 0.3) is 10.8 Å². The summed E-state index contributed by atoms with van der Waals surface area (Å²) in [5.74, 6) is 1.48. The van der Waals surface area contributed by atoms with Crippen molar-refractivity contribution in [1.82, 2.24) is 4.98 Å². The fourth-order valence-electron chi connectivity index (χ4n) is 1.42. The summed E-state index contributed by atoms with van der Waals surface area (Å²) in [6, 6.07) is 7.73. The summed E-state index contributed by atoms with van der Waals surface area (Å²) in [7, 11) is 3.27. The molecule has 3 heteroatoms. The van der Waals surface area contributed by atoms with Crippen molar-refractivity contribution in [1.29, 1.82) is 0 Å². The highest BCUT2D eigenvalue weighted by molar-refractivity contribution is 5.87. The third kappa shape index (κ3) is 2.42. The number of aromatic nitrogens is 1. The molecule has 0 aliphatic carbocycles. The highest BCUT2D eigenvalue weighted by Gasteiger charge is 2.02. The van der Waals surface area contributed by atoms with E-state index in [0.29, 0.717) is 5.88 Å². The Bertz CT molecular complexity index is 455. The predicted octanol–water partition coefficient (Wildman–Crippen LogP) is 3.28. The lowest BCUT2D eigenvalue weighted by Crippen LogP contribution is -1.89. The van der Waals surface area contributed by atoms with Crippen LogP contribution in [0, 0.1) is 0 Å². The fraction of sp³-hybridized carbons (Fsp3) is 0.308. The van der Waals surface area contributed by atoms with E-state index in [4.69, 9.17) is 9.47 Å². The molecule has 2 rings (SSSR count). The van der Waals surface area contributed by atoms with Gasteiger partial charge in [-0.1, -0.05) is 13.8 Å². The Kier molecular flexibility index (Phi) is 4.58. The van der Waals surface area contributed by atoms with Gasteiger partial charge >= 0.3 is 0 Å². The van der Waals surface area contributed by atoms with Crippen LogP contribution in [0.15, 0.2) is 30.5 Å². The quantitative estimate of drug-likeness (QED) is 0.776. The number of ether oxygens (including phenoxy) is 2. The number of hydrogen-bond acceptors (Lipinski definition) is 3. The molecule has 0 bridgehead atoms. The van der Waals surface area contributed by atoms with Crippen LogP contribution in [0.1, 0.15) is 13.8 Å². The molecule has 86 valence electrons. The van der Waals surface area contributed by atoms with Gasteiger partial charge in [-0.2, -0.15) is 0 Å². The van der Waals surface area contributed by atoms with E-state index in [0.717, 1.165) is 16.5 Å². The van der Waals surface area contributed by atoms with E-state index in [2.05, 4.69) is 4.98 Å². The number of fused-ring (bicyclic) bond motifs is 1. The van der Waals surface area contributed by atoms with Gasteiger partial charge in [0.15, 0.2) is 0 Å². The molecule has 2 aromatic rings. The summed E-state index contributed by atoms with van der Waals surface area (Å²) in [5, 5.41) is 2.06. The van der Waals surface area contributed by atoms with Crippen LogP contribution >= 0.6 is 0 Å². The Morgan fingerprint density at radius 2 is 1.75 bits per heavy atom. The number of rotatable bonds is 2. The molecule has 0 aliphatic rings. The zero-order valence-electron chi connectivity index (χ0n) is 10.2. The second-order valence-electron chi connectivity index (χ2n) is 2.91. The van der Waals surface area contributed by atoms with Gasteiger partial charge in [-0.25, -0.2) is 4.98 Å². The van der Waals surface area contributed by atoms with Gasteiger partial charge in [0.1, 0.15) is 5.75 Å². The molecule has 0 fully saturated rings. The van der Waals surface area contributed by atoms with Crippen molar-refractivity contribution in [2.45, 2.75) is 13.8 Å². The van der Waals surface area contributed by atoms with Crippen LogP contribution in [0.5, 0.6) is 11.6 Å². The fourth-order valence-corrected chi connectivity index (χ4v) is 1.42. The van der Waals surface area contributed by atoms with Crippen molar-refractivity contribution in [3.8, 4) is 11.6 Å². The van der Waals surface area contributed by atoms with Crippen LogP contribution in [-0.4, -0.2) is 19.2 Å². The van der Waals surface area contributed by atoms with Gasteiger partial charge in [-0.05, 0) is 29.7 Å². The number of methoxy groups -OCH3 is 2. The molecule has 16 heavy (non-hydrogen) atoms. The standard InChI is InChI=1S/C11H11NO2.C2H6/c1-13-9-3-4-10-8(7-9)5-6-12-11(10)14-2;1-2/h3-7H,1-2H3;1-2H3. The molecule has 0 atom stereocenters. The molecule has 1 aromatic carbocycles. The van der Waals surface area contributed by atoms with Crippen LogP contribution < -0.4 is 9.47 Å². The Hall–Kier alpha value is -1.77. The van der Waals surface area contributed by atoms with Crippen LogP contribution in [0.3, 0.4) is 0 Å². The van der Waals surface area contributed by atoms with Crippen molar-refractivity contribution in [3.05, 3.63) is 30.5 Å². The molecule has 3 nitrogen and oxygen atoms in total. The third-order valence-corrected chi connectivity index (χ3v) is 2.13. The zero-order chi connectivity index (χ0) is 12.0. The van der Waals surface area contributed by atoms with E-state index in [1.54, 1.807) is 20.4 Å². The van der Waals surface area contributed by atoms with E-state index >= 15 is 0 Å². The lowest BCUT2D eigenvalue weighted by Gasteiger charge is -2.05. The topological polar surface area (TPSA) is 31.4 Å². The molecule has 0 radical (unpaired) electrons. The van der Waals surface area contributed by atoms with E-state index in [9.17, 15) is 0 Å². The van der Waals surface area contributed by atoms with Gasteiger partial charge in [-0.3, -0.25) is 0 Å². The first-order valence-corrected chi connectivity index (χ1v) is 5.32. The molecule has 0 amide bonds. The number of benzene rings is 1. The van der Waals surface area contributed by atoms with Crippen LogP contribution in [-0.2, 0) is 0 Å². The Balaban J connectivity index is 0.000000606. The highest BCUT2D eigenvalue weighted by atomic mass is 16.5. The van der Waals surface area contributed by atoms with Crippen molar-refractivity contribution < 1.29 is 9.47 Å². The Morgan fingerprint density at radius 3 is 2.38 bits per heavy atom. The van der Waals surface area contributed by atoms with E-state index < -0.39 is 0 Å². The summed E-state index contributed by atoms with van der Waals surface area (Å²) in [6.45, 7) is 4.00. The third-order valence-electron chi connectivity index (χ3n) is 2.13. The van der Waals surface area contributed by atoms with Crippen molar-refractivity contribution in [2.75, 3.05) is 14.2 Å². The summed E-state index contributed by atoms with van der Waals surface area (Å²) < 4.78 is 10.3. The second-order valence-corrected chi connectivity index (χ2v) is 2.91. The molecule has 0 saturated carbocycles. The molecule has 0 aliphatic heterocycles. The molecular weight excluding hydrogens is 202 g/mol. The molecule has 0 saturated heterocycles. The minimum atomic E-state index is 0.644. The number of pyridine rings is 1. The van der Waals surface area contributed by atoms with Crippen LogP contribution in [0.2, 0.25) is 0 Å². The van der Waals surface area contributed by atoms with Crippen molar-refractivity contribution >= 4 is 10.8 Å². The van der Waals surface area contributed by atoms with Crippen molar-refractivity contribution in [3.63, 3.8) is 0 Å². The average molecular weight is 219 g/mol. The first-order valence-electron chi connectivity index (χ1n) is 5.32. The second kappa shape index (κ2) is 5.95. The lowest BCUT2D eigenvalue weighted by atomic mass is 10.1. The smallest absolute Gasteiger partial charge is 0.221 e. The molecule has 0 unspecified atom stereocenters. The first kappa shape index (κ1) is 12.3. The lowest BCUT2D eigenvalue weighted by molar-refractivity contribution is 0.403. The van der Waals surface area contributed by atoms with Crippen molar-refractivity contribution in [2.24, 2.45) is 0 Å². The molecule has 1 heterocycles. The normalized spacial score (nSPS) is 9.25. The minimum Gasteiger partial charge on any atom is -0.497 e. The molecule has 0 N–H and O–H groups in total. The molecular formula is C13H17NO2. The highest BCUT2D eigenvalue weighted by Crippen LogP contribution is 2.26. The van der Waals surface area contributed by atoms with Gasteiger partial charge in [0.2, 0.25) is 5.88 Å². The summed E-state index contributed by atoms with van der Waals surface area (Å²) in [4.78, 5) is 4.12. The van der Waals surface area contributed by atoms with Gasteiger partial charge in [0.25, 0.3) is 0 Å². The SMILES string of the molecule is CC.COc1ccc2c(OC)nccc2c1. The van der Waals surface area contributed by atoms with Gasteiger partial charge in [-0.15, -0.1) is 0 Å². The van der Waals surface area contributed by atoms with Crippen LogP contribution in [0.4, 0.5) is 0 Å². The maximum atomic E-state index is 5.15. The summed E-state index contributed by atoms with van der Waals surface area (Å²) in [5.41, 5.74) is 0. The zero-order valence-corrected chi connectivity index (χ0v) is 10.2. The van der Waals surface area contributed by atoms with E-state index in [1.165, 1.54) is 0 Å². The molecule has 0 spiro atoms. The van der Waals surface area contributed by atoms with Gasteiger partial charge in [0.05, 0.1) is 14.2 Å². The monoisotopic (exact) mass is 219 g/mol. The molecule has 1 aromatic heterocycles. The maximum absolute atomic E-state index is 5.15. The first-order chi connectivity index (χ1) is 7.85. The minimum absolute atomic E-state index is 0.644. The maximum Gasteiger partial charge on any atom is 0.221 e. The number of nitrogens with zero attached hydrogens (tertiary/aromatic N) is 1.